The summed E-state index contributed by atoms with van der Waals surface area (Å²) in [5, 5.41) is 1.27. The van der Waals surface area contributed by atoms with Crippen LogP contribution in [0.2, 0.25) is 0 Å². The van der Waals surface area contributed by atoms with E-state index in [2.05, 4.69) is 121 Å². The van der Waals surface area contributed by atoms with Crippen LogP contribution in [-0.4, -0.2) is 0 Å². The van der Waals surface area contributed by atoms with Crippen LogP contribution in [0.5, 0.6) is 0 Å². The zero-order chi connectivity index (χ0) is 21.6. The minimum absolute atomic E-state index is 0.441. The highest BCUT2D eigenvalue weighted by Crippen LogP contribution is 2.47. The Labute approximate surface area is 188 Å². The quantitative estimate of drug-likeness (QED) is 0.287. The molecule has 0 saturated heterocycles. The molecule has 2 aliphatic rings. The van der Waals surface area contributed by atoms with E-state index in [0.29, 0.717) is 0 Å². The molecule has 32 heavy (non-hydrogen) atoms. The fourth-order valence-electron chi connectivity index (χ4n) is 5.95. The molecule has 1 unspecified atom stereocenters. The predicted octanol–water partition coefficient (Wildman–Crippen LogP) is 5.60. The summed E-state index contributed by atoms with van der Waals surface area (Å²) in [6, 6.07) is 31.8. The molecular weight excluding hydrogens is 388 g/mol. The lowest BCUT2D eigenvalue weighted by Gasteiger charge is -2.19. The van der Waals surface area contributed by atoms with E-state index in [1.807, 2.05) is 0 Å². The second-order valence-corrected chi connectivity index (χ2v) is 9.34. The summed E-state index contributed by atoms with van der Waals surface area (Å²) in [5.41, 5.74) is 12.5. The van der Waals surface area contributed by atoms with Gasteiger partial charge in [0.05, 0.1) is 11.1 Å². The lowest BCUT2D eigenvalue weighted by Crippen LogP contribution is -2.71. The number of rotatable bonds is 0. The summed E-state index contributed by atoms with van der Waals surface area (Å²) in [4.78, 5) is 0. The summed E-state index contributed by atoms with van der Waals surface area (Å²) in [6.07, 6.45) is 2.33. The Morgan fingerprint density at radius 1 is 0.594 bits per heavy atom. The van der Waals surface area contributed by atoms with Gasteiger partial charge in [-0.2, -0.15) is 0 Å². The van der Waals surface area contributed by atoms with Gasteiger partial charge in [-0.3, -0.25) is 0 Å². The third-order valence-corrected chi connectivity index (χ3v) is 7.26. The Morgan fingerprint density at radius 2 is 1.28 bits per heavy atom. The van der Waals surface area contributed by atoms with Gasteiger partial charge in [-0.05, 0) is 68.8 Å². The molecule has 0 bridgehead atoms. The molecule has 2 aliphatic heterocycles. The van der Waals surface area contributed by atoms with Crippen molar-refractivity contribution in [3.63, 3.8) is 0 Å². The van der Waals surface area contributed by atoms with Crippen molar-refractivity contribution in [2.75, 3.05) is 0 Å². The number of benzene rings is 3. The molecule has 4 heterocycles. The first-order chi connectivity index (χ1) is 15.6. The Hall–Kier alpha value is -3.78. The molecule has 152 valence electrons. The first-order valence-corrected chi connectivity index (χ1v) is 11.3. The summed E-state index contributed by atoms with van der Waals surface area (Å²) >= 11 is 0. The van der Waals surface area contributed by atoms with Gasteiger partial charge in [-0.25, -0.2) is 0 Å². The minimum Gasteiger partial charge on any atom is -0.125 e. The number of nitrogens with zero attached hydrogens (tertiary/aromatic N) is 2. The van der Waals surface area contributed by atoms with Crippen LogP contribution in [-0.2, 0) is 5.66 Å². The van der Waals surface area contributed by atoms with Gasteiger partial charge in [-0.1, -0.05) is 29.8 Å². The van der Waals surface area contributed by atoms with E-state index in [-0.39, 0.29) is 0 Å². The van der Waals surface area contributed by atoms with Crippen LogP contribution in [0.25, 0.3) is 33.4 Å². The Balaban J connectivity index is 1.78. The standard InChI is InChI=1S/C30H24N2/c1-19-9-13-26-24(16-19)28-15-12-22-11-8-20(2)17-29(22)32(28)30(26)25-7-5-4-6-23(25)27-14-10-21(3)18-31(27)30/h4-18H,1-3H3/q+2. The van der Waals surface area contributed by atoms with Crippen molar-refractivity contribution in [2.24, 2.45) is 0 Å². The highest BCUT2D eigenvalue weighted by atomic mass is 15.3. The molecule has 2 nitrogen and oxygen atoms in total. The predicted molar refractivity (Wildman–Crippen MR) is 127 cm³/mol. The number of fused-ring (bicyclic) bond motifs is 12. The third kappa shape index (κ3) is 2.00. The summed E-state index contributed by atoms with van der Waals surface area (Å²) in [7, 11) is 0. The van der Waals surface area contributed by atoms with E-state index in [9.17, 15) is 0 Å². The molecule has 0 amide bonds. The molecule has 0 fully saturated rings. The number of hydrogen-bond donors (Lipinski definition) is 0. The minimum atomic E-state index is -0.441. The van der Waals surface area contributed by atoms with Crippen molar-refractivity contribution >= 4 is 10.9 Å². The first-order valence-electron chi connectivity index (χ1n) is 11.3. The van der Waals surface area contributed by atoms with E-state index >= 15 is 0 Å². The van der Waals surface area contributed by atoms with Crippen molar-refractivity contribution in [3.05, 3.63) is 119 Å². The van der Waals surface area contributed by atoms with Crippen molar-refractivity contribution < 1.29 is 9.13 Å². The Kier molecular flexibility index (Phi) is 3.30. The first kappa shape index (κ1) is 17.9. The van der Waals surface area contributed by atoms with Gasteiger partial charge in [-0.15, -0.1) is 9.13 Å². The molecular formula is C30H24N2+2. The average molecular weight is 413 g/mol. The molecule has 5 aromatic rings. The average Bonchev–Trinajstić information content (AvgIpc) is 3.25. The maximum atomic E-state index is 2.59. The summed E-state index contributed by atoms with van der Waals surface area (Å²) in [5.74, 6) is 0. The largest absolute Gasteiger partial charge is 0.418 e. The van der Waals surface area contributed by atoms with Crippen LogP contribution in [0.15, 0.2) is 91.1 Å². The van der Waals surface area contributed by atoms with Crippen LogP contribution < -0.4 is 9.13 Å². The maximum Gasteiger partial charge on any atom is 0.418 e. The van der Waals surface area contributed by atoms with E-state index in [1.54, 1.807) is 0 Å². The van der Waals surface area contributed by atoms with E-state index in [1.165, 1.54) is 61.2 Å². The highest BCUT2D eigenvalue weighted by Gasteiger charge is 2.67. The van der Waals surface area contributed by atoms with Crippen LogP contribution in [0, 0.1) is 20.8 Å². The molecule has 2 heteroatoms. The van der Waals surface area contributed by atoms with Crippen LogP contribution in [0.1, 0.15) is 27.8 Å². The number of hydrogen-bond acceptors (Lipinski definition) is 0. The van der Waals surface area contributed by atoms with Crippen molar-refractivity contribution in [3.8, 4) is 22.5 Å². The van der Waals surface area contributed by atoms with Crippen molar-refractivity contribution in [1.29, 1.82) is 0 Å². The molecule has 0 aliphatic carbocycles. The topological polar surface area (TPSA) is 7.76 Å². The second-order valence-electron chi connectivity index (χ2n) is 9.34. The zero-order valence-electron chi connectivity index (χ0n) is 18.6. The van der Waals surface area contributed by atoms with Gasteiger partial charge in [0.15, 0.2) is 6.20 Å². The fourth-order valence-corrected chi connectivity index (χ4v) is 5.95. The van der Waals surface area contributed by atoms with Gasteiger partial charge in [0, 0.05) is 29.1 Å². The van der Waals surface area contributed by atoms with Gasteiger partial charge < -0.3 is 0 Å². The van der Waals surface area contributed by atoms with E-state index in [4.69, 9.17) is 0 Å². The molecule has 0 N–H and O–H groups in total. The third-order valence-electron chi connectivity index (χ3n) is 7.26. The zero-order valence-corrected chi connectivity index (χ0v) is 18.6. The summed E-state index contributed by atoms with van der Waals surface area (Å²) in [6.45, 7) is 6.56. The summed E-state index contributed by atoms with van der Waals surface area (Å²) < 4.78 is 5.10. The van der Waals surface area contributed by atoms with Crippen LogP contribution >= 0.6 is 0 Å². The van der Waals surface area contributed by atoms with Gasteiger partial charge in [0.25, 0.3) is 0 Å². The van der Waals surface area contributed by atoms with Gasteiger partial charge in [0.2, 0.25) is 16.9 Å². The normalized spacial score (nSPS) is 17.3. The Morgan fingerprint density at radius 3 is 2.19 bits per heavy atom. The lowest BCUT2D eigenvalue weighted by atomic mass is 9.89. The van der Waals surface area contributed by atoms with Crippen LogP contribution in [0.4, 0.5) is 0 Å². The molecule has 1 atom stereocenters. The highest BCUT2D eigenvalue weighted by molar-refractivity contribution is 5.82. The molecule has 1 spiro atoms. The van der Waals surface area contributed by atoms with Crippen molar-refractivity contribution in [1.82, 2.24) is 0 Å². The fraction of sp³-hybridized carbons (Fsp3) is 0.133. The molecule has 2 aromatic heterocycles. The SMILES string of the molecule is Cc1ccc2c(c1)-c1ccc3ccc(C)cc3[n+]1C21c2ccccc2-c2ccc(C)c[n+]21. The van der Waals surface area contributed by atoms with E-state index < -0.39 is 5.66 Å². The smallest absolute Gasteiger partial charge is 0.125 e. The lowest BCUT2D eigenvalue weighted by molar-refractivity contribution is -0.944. The van der Waals surface area contributed by atoms with E-state index in [0.717, 1.165) is 0 Å². The molecule has 0 radical (unpaired) electrons. The Bertz CT molecular complexity index is 1610. The van der Waals surface area contributed by atoms with Gasteiger partial charge >= 0.3 is 5.66 Å². The number of pyridine rings is 2. The van der Waals surface area contributed by atoms with Gasteiger partial charge in [0.1, 0.15) is 11.1 Å². The molecule has 0 saturated carbocycles. The number of aromatic nitrogens is 2. The molecule has 7 rings (SSSR count). The van der Waals surface area contributed by atoms with Crippen molar-refractivity contribution in [2.45, 2.75) is 26.4 Å². The maximum absolute atomic E-state index is 2.59. The number of aryl methyl sites for hydroxylation is 3. The second kappa shape index (κ2) is 5.92. The van der Waals surface area contributed by atoms with Crippen LogP contribution in [0.3, 0.4) is 0 Å². The monoisotopic (exact) mass is 412 g/mol. The molecule has 3 aromatic carbocycles.